The molecule has 1 rings (SSSR count). The Morgan fingerprint density at radius 1 is 1.33 bits per heavy atom. The summed E-state index contributed by atoms with van der Waals surface area (Å²) in [6.45, 7) is 6.59. The average molecular weight is 253 g/mol. The van der Waals surface area contributed by atoms with Crippen LogP contribution in [0.5, 0.6) is 0 Å². The largest absolute Gasteiger partial charge is 0.383 e. The van der Waals surface area contributed by atoms with Crippen molar-refractivity contribution in [1.82, 2.24) is 9.97 Å². The number of H-pyrrole nitrogens is 1. The molecule has 0 radical (unpaired) electrons. The van der Waals surface area contributed by atoms with Gasteiger partial charge >= 0.3 is 0 Å². The SMILES string of the molecule is CCCc1c(N)nc(C(CCC)OCC)[nH]c1=O. The molecule has 1 heterocycles. The number of nitrogen functional groups attached to an aromatic ring is 1. The first kappa shape index (κ1) is 14.7. The van der Waals surface area contributed by atoms with E-state index in [0.29, 0.717) is 30.2 Å². The molecule has 1 aromatic rings. The van der Waals surface area contributed by atoms with Crippen LogP contribution in [0.15, 0.2) is 4.79 Å². The lowest BCUT2D eigenvalue weighted by Gasteiger charge is -2.16. The molecule has 5 nitrogen and oxygen atoms in total. The molecule has 0 spiro atoms. The molecule has 3 N–H and O–H groups in total. The van der Waals surface area contributed by atoms with Crippen LogP contribution in [0.1, 0.15) is 57.5 Å². The third-order valence-electron chi connectivity index (χ3n) is 2.79. The Morgan fingerprint density at radius 2 is 2.06 bits per heavy atom. The van der Waals surface area contributed by atoms with Gasteiger partial charge in [0.25, 0.3) is 5.56 Å². The molecule has 0 aliphatic rings. The molecule has 0 bridgehead atoms. The Hall–Kier alpha value is -1.36. The second-order valence-electron chi connectivity index (χ2n) is 4.30. The van der Waals surface area contributed by atoms with E-state index in [1.807, 2.05) is 13.8 Å². The Labute approximate surface area is 108 Å². The van der Waals surface area contributed by atoms with Crippen LogP contribution in [0.4, 0.5) is 5.82 Å². The third kappa shape index (κ3) is 3.57. The van der Waals surface area contributed by atoms with Crippen molar-refractivity contribution in [2.45, 2.75) is 52.6 Å². The van der Waals surface area contributed by atoms with E-state index in [9.17, 15) is 4.79 Å². The van der Waals surface area contributed by atoms with Gasteiger partial charge in [0.15, 0.2) is 0 Å². The van der Waals surface area contributed by atoms with Gasteiger partial charge in [0.1, 0.15) is 17.7 Å². The predicted octanol–water partition coefficient (Wildman–Crippen LogP) is 2.18. The van der Waals surface area contributed by atoms with E-state index in [2.05, 4.69) is 16.9 Å². The number of nitrogens with one attached hydrogen (secondary N) is 1. The Balaban J connectivity index is 3.06. The van der Waals surface area contributed by atoms with Crippen LogP contribution in [0.3, 0.4) is 0 Å². The Kier molecular flexibility index (Phi) is 5.85. The van der Waals surface area contributed by atoms with E-state index < -0.39 is 0 Å². The van der Waals surface area contributed by atoms with Crippen molar-refractivity contribution in [2.75, 3.05) is 12.3 Å². The molecule has 0 aliphatic heterocycles. The van der Waals surface area contributed by atoms with Crippen LogP contribution in [-0.2, 0) is 11.2 Å². The molecular weight excluding hydrogens is 230 g/mol. The zero-order chi connectivity index (χ0) is 13.5. The summed E-state index contributed by atoms with van der Waals surface area (Å²) in [6, 6.07) is 0. The fraction of sp³-hybridized carbons (Fsp3) is 0.692. The van der Waals surface area contributed by atoms with E-state index in [0.717, 1.165) is 19.3 Å². The molecule has 0 aliphatic carbocycles. The van der Waals surface area contributed by atoms with Crippen molar-refractivity contribution in [2.24, 2.45) is 0 Å². The van der Waals surface area contributed by atoms with Crippen molar-refractivity contribution in [3.8, 4) is 0 Å². The van der Waals surface area contributed by atoms with E-state index in [1.54, 1.807) is 0 Å². The molecule has 102 valence electrons. The van der Waals surface area contributed by atoms with Crippen molar-refractivity contribution in [3.63, 3.8) is 0 Å². The van der Waals surface area contributed by atoms with Gasteiger partial charge in [0, 0.05) is 6.61 Å². The van der Waals surface area contributed by atoms with Crippen LogP contribution in [-0.4, -0.2) is 16.6 Å². The highest BCUT2D eigenvalue weighted by molar-refractivity contribution is 5.37. The summed E-state index contributed by atoms with van der Waals surface area (Å²) < 4.78 is 5.59. The number of anilines is 1. The number of ether oxygens (including phenoxy) is 1. The molecule has 0 saturated heterocycles. The fourth-order valence-corrected chi connectivity index (χ4v) is 1.94. The summed E-state index contributed by atoms with van der Waals surface area (Å²) in [5, 5.41) is 0. The number of aromatic amines is 1. The van der Waals surface area contributed by atoms with Gasteiger partial charge in [0.2, 0.25) is 0 Å². The minimum atomic E-state index is -0.175. The zero-order valence-corrected chi connectivity index (χ0v) is 11.5. The van der Waals surface area contributed by atoms with Crippen LogP contribution >= 0.6 is 0 Å². The van der Waals surface area contributed by atoms with Gasteiger partial charge < -0.3 is 15.5 Å². The maximum atomic E-state index is 11.9. The first-order chi connectivity index (χ1) is 8.63. The molecule has 1 atom stereocenters. The molecule has 0 aromatic carbocycles. The van der Waals surface area contributed by atoms with E-state index in [4.69, 9.17) is 10.5 Å². The van der Waals surface area contributed by atoms with Gasteiger partial charge in [-0.15, -0.1) is 0 Å². The van der Waals surface area contributed by atoms with Gasteiger partial charge in [-0.25, -0.2) is 4.98 Å². The van der Waals surface area contributed by atoms with Gasteiger partial charge in [-0.05, 0) is 19.8 Å². The molecule has 0 amide bonds. The smallest absolute Gasteiger partial charge is 0.256 e. The summed E-state index contributed by atoms with van der Waals surface area (Å²) >= 11 is 0. The molecule has 0 saturated carbocycles. The molecular formula is C13H23N3O2. The first-order valence-electron chi connectivity index (χ1n) is 6.64. The summed E-state index contributed by atoms with van der Waals surface area (Å²) in [7, 11) is 0. The second-order valence-corrected chi connectivity index (χ2v) is 4.30. The first-order valence-corrected chi connectivity index (χ1v) is 6.64. The minimum Gasteiger partial charge on any atom is -0.383 e. The normalized spacial score (nSPS) is 12.6. The number of nitrogens with zero attached hydrogens (tertiary/aromatic N) is 1. The lowest BCUT2D eigenvalue weighted by Crippen LogP contribution is -2.22. The van der Waals surface area contributed by atoms with Crippen molar-refractivity contribution in [1.29, 1.82) is 0 Å². The average Bonchev–Trinajstić information content (AvgIpc) is 2.33. The van der Waals surface area contributed by atoms with Gasteiger partial charge in [-0.3, -0.25) is 4.79 Å². The van der Waals surface area contributed by atoms with Crippen molar-refractivity contribution in [3.05, 3.63) is 21.7 Å². The molecule has 0 fully saturated rings. The third-order valence-corrected chi connectivity index (χ3v) is 2.79. The fourth-order valence-electron chi connectivity index (χ4n) is 1.94. The zero-order valence-electron chi connectivity index (χ0n) is 11.5. The molecule has 5 heteroatoms. The summed E-state index contributed by atoms with van der Waals surface area (Å²) in [4.78, 5) is 19.0. The van der Waals surface area contributed by atoms with Crippen LogP contribution in [0.25, 0.3) is 0 Å². The lowest BCUT2D eigenvalue weighted by molar-refractivity contribution is 0.0493. The van der Waals surface area contributed by atoms with Crippen molar-refractivity contribution >= 4 is 5.82 Å². The summed E-state index contributed by atoms with van der Waals surface area (Å²) in [6.07, 6.45) is 3.14. The predicted molar refractivity (Wildman–Crippen MR) is 72.5 cm³/mol. The minimum absolute atomic E-state index is 0.139. The number of hydrogen-bond donors (Lipinski definition) is 2. The van der Waals surface area contributed by atoms with Crippen LogP contribution in [0.2, 0.25) is 0 Å². The standard InChI is InChI=1S/C13H23N3O2/c1-4-7-9-11(14)15-12(16-13(9)17)10(8-5-2)18-6-3/h10H,4-8H2,1-3H3,(H3,14,15,16,17). The number of nitrogens with two attached hydrogens (primary N) is 1. The van der Waals surface area contributed by atoms with Crippen molar-refractivity contribution < 1.29 is 4.74 Å². The number of hydrogen-bond acceptors (Lipinski definition) is 4. The maximum absolute atomic E-state index is 11.9. The number of aromatic nitrogens is 2. The van der Waals surface area contributed by atoms with Gasteiger partial charge in [-0.2, -0.15) is 0 Å². The highest BCUT2D eigenvalue weighted by atomic mass is 16.5. The number of rotatable bonds is 7. The van der Waals surface area contributed by atoms with Gasteiger partial charge in [-0.1, -0.05) is 26.7 Å². The monoisotopic (exact) mass is 253 g/mol. The molecule has 1 aromatic heterocycles. The van der Waals surface area contributed by atoms with E-state index in [-0.39, 0.29) is 11.7 Å². The second kappa shape index (κ2) is 7.16. The highest BCUT2D eigenvalue weighted by Crippen LogP contribution is 2.19. The molecule has 1 unspecified atom stereocenters. The highest BCUT2D eigenvalue weighted by Gasteiger charge is 2.16. The summed E-state index contributed by atoms with van der Waals surface area (Å²) in [5.74, 6) is 0.873. The maximum Gasteiger partial charge on any atom is 0.256 e. The Morgan fingerprint density at radius 3 is 2.56 bits per heavy atom. The van der Waals surface area contributed by atoms with E-state index >= 15 is 0 Å². The van der Waals surface area contributed by atoms with Gasteiger partial charge in [0.05, 0.1) is 5.56 Å². The lowest BCUT2D eigenvalue weighted by atomic mass is 10.1. The van der Waals surface area contributed by atoms with Crippen LogP contribution < -0.4 is 11.3 Å². The summed E-state index contributed by atoms with van der Waals surface area (Å²) in [5.41, 5.74) is 6.29. The topological polar surface area (TPSA) is 81.0 Å². The van der Waals surface area contributed by atoms with Crippen LogP contribution in [0, 0.1) is 0 Å². The quantitative estimate of drug-likeness (QED) is 0.780. The van der Waals surface area contributed by atoms with E-state index in [1.165, 1.54) is 0 Å². The molecule has 18 heavy (non-hydrogen) atoms. The Bertz CT molecular complexity index is 423.